The molecule has 4 heteroatoms. The van der Waals surface area contributed by atoms with Crippen LogP contribution in [-0.2, 0) is 0 Å². The first-order chi connectivity index (χ1) is 8.16. The fourth-order valence-electron chi connectivity index (χ4n) is 1.84. The van der Waals surface area contributed by atoms with Gasteiger partial charge in [-0.05, 0) is 37.6 Å². The largest absolute Gasteiger partial charge is 0.302 e. The quantitative estimate of drug-likeness (QED) is 0.904. The summed E-state index contributed by atoms with van der Waals surface area (Å²) >= 11 is 3.49. The Balaban J connectivity index is 2.04. The minimum Gasteiger partial charge on any atom is -0.302 e. The van der Waals surface area contributed by atoms with Crippen molar-refractivity contribution in [2.45, 2.75) is 25.9 Å². The molecule has 1 unspecified atom stereocenters. The standard InChI is InChI=1S/C13H16BrN3/c1-9(11-4-3-5-12(14)8-11)16-10(2)13-6-7-15-17-13/h3-10,16H,1-2H3,(H,15,17)/t9-,10?/m1/s1. The van der Waals surface area contributed by atoms with Crippen LogP contribution in [0.1, 0.15) is 37.2 Å². The molecular weight excluding hydrogens is 278 g/mol. The summed E-state index contributed by atoms with van der Waals surface area (Å²) in [5, 5.41) is 10.5. The van der Waals surface area contributed by atoms with Crippen molar-refractivity contribution >= 4 is 15.9 Å². The van der Waals surface area contributed by atoms with Gasteiger partial charge >= 0.3 is 0 Å². The van der Waals surface area contributed by atoms with E-state index in [0.717, 1.165) is 10.2 Å². The van der Waals surface area contributed by atoms with Crippen molar-refractivity contribution in [2.24, 2.45) is 0 Å². The van der Waals surface area contributed by atoms with Crippen LogP contribution in [0.5, 0.6) is 0 Å². The van der Waals surface area contributed by atoms with Gasteiger partial charge in [-0.3, -0.25) is 5.10 Å². The highest BCUT2D eigenvalue weighted by atomic mass is 79.9. The van der Waals surface area contributed by atoms with Crippen molar-refractivity contribution in [3.8, 4) is 0 Å². The first-order valence-corrected chi connectivity index (χ1v) is 6.47. The number of rotatable bonds is 4. The highest BCUT2D eigenvalue weighted by molar-refractivity contribution is 9.10. The zero-order valence-electron chi connectivity index (χ0n) is 9.94. The van der Waals surface area contributed by atoms with Crippen LogP contribution in [-0.4, -0.2) is 10.2 Å². The summed E-state index contributed by atoms with van der Waals surface area (Å²) in [6, 6.07) is 10.9. The van der Waals surface area contributed by atoms with Gasteiger partial charge in [0.1, 0.15) is 0 Å². The van der Waals surface area contributed by atoms with E-state index in [4.69, 9.17) is 0 Å². The second-order valence-electron chi connectivity index (χ2n) is 4.18. The van der Waals surface area contributed by atoms with Gasteiger partial charge in [-0.1, -0.05) is 28.1 Å². The average Bonchev–Trinajstić information content (AvgIpc) is 2.82. The molecule has 2 atom stereocenters. The average molecular weight is 294 g/mol. The van der Waals surface area contributed by atoms with Crippen LogP contribution in [0.2, 0.25) is 0 Å². The maximum atomic E-state index is 3.96. The van der Waals surface area contributed by atoms with E-state index in [-0.39, 0.29) is 6.04 Å². The molecule has 0 bridgehead atoms. The molecule has 0 aliphatic heterocycles. The first kappa shape index (κ1) is 12.3. The Morgan fingerprint density at radius 2 is 2.06 bits per heavy atom. The molecule has 1 aromatic heterocycles. The molecule has 2 N–H and O–H groups in total. The summed E-state index contributed by atoms with van der Waals surface area (Å²) in [5.41, 5.74) is 2.37. The highest BCUT2D eigenvalue weighted by Crippen LogP contribution is 2.20. The predicted octanol–water partition coefficient (Wildman–Crippen LogP) is 3.58. The number of H-pyrrole nitrogens is 1. The molecule has 0 aliphatic carbocycles. The van der Waals surface area contributed by atoms with Crippen molar-refractivity contribution in [1.29, 1.82) is 0 Å². The van der Waals surface area contributed by atoms with Gasteiger partial charge in [0.2, 0.25) is 0 Å². The lowest BCUT2D eigenvalue weighted by atomic mass is 10.1. The summed E-state index contributed by atoms with van der Waals surface area (Å²) in [7, 11) is 0. The smallest absolute Gasteiger partial charge is 0.0518 e. The lowest BCUT2D eigenvalue weighted by molar-refractivity contribution is 0.485. The van der Waals surface area contributed by atoms with Crippen LogP contribution in [0, 0.1) is 0 Å². The highest BCUT2D eigenvalue weighted by Gasteiger charge is 2.11. The van der Waals surface area contributed by atoms with Crippen LogP contribution < -0.4 is 5.32 Å². The van der Waals surface area contributed by atoms with E-state index in [1.54, 1.807) is 6.20 Å². The third-order valence-electron chi connectivity index (χ3n) is 2.84. The van der Waals surface area contributed by atoms with E-state index in [2.05, 4.69) is 63.5 Å². The monoisotopic (exact) mass is 293 g/mol. The number of aromatic amines is 1. The molecular formula is C13H16BrN3. The van der Waals surface area contributed by atoms with E-state index in [9.17, 15) is 0 Å². The van der Waals surface area contributed by atoms with Crippen molar-refractivity contribution in [3.05, 3.63) is 52.3 Å². The van der Waals surface area contributed by atoms with Crippen molar-refractivity contribution < 1.29 is 0 Å². The van der Waals surface area contributed by atoms with Crippen molar-refractivity contribution in [2.75, 3.05) is 0 Å². The lowest BCUT2D eigenvalue weighted by Crippen LogP contribution is -2.22. The predicted molar refractivity (Wildman–Crippen MR) is 72.7 cm³/mol. The SMILES string of the molecule is CC(N[C@H](C)c1cccc(Br)c1)c1ccn[nH]1. The Morgan fingerprint density at radius 1 is 1.24 bits per heavy atom. The van der Waals surface area contributed by atoms with Crippen LogP contribution in [0.25, 0.3) is 0 Å². The molecule has 90 valence electrons. The number of benzene rings is 1. The Hall–Kier alpha value is -1.13. The maximum Gasteiger partial charge on any atom is 0.0518 e. The molecule has 0 spiro atoms. The second kappa shape index (κ2) is 5.47. The van der Waals surface area contributed by atoms with E-state index >= 15 is 0 Å². The molecule has 1 aromatic carbocycles. The number of nitrogens with one attached hydrogen (secondary N) is 2. The van der Waals surface area contributed by atoms with Gasteiger partial charge in [0, 0.05) is 22.8 Å². The Kier molecular flexibility index (Phi) is 3.97. The summed E-state index contributed by atoms with van der Waals surface area (Å²) in [4.78, 5) is 0. The van der Waals surface area contributed by atoms with Gasteiger partial charge in [-0.25, -0.2) is 0 Å². The zero-order valence-corrected chi connectivity index (χ0v) is 11.5. The molecule has 3 nitrogen and oxygen atoms in total. The molecule has 2 rings (SSSR count). The van der Waals surface area contributed by atoms with Gasteiger partial charge in [-0.15, -0.1) is 0 Å². The van der Waals surface area contributed by atoms with E-state index in [1.165, 1.54) is 5.56 Å². The van der Waals surface area contributed by atoms with Crippen LogP contribution in [0.3, 0.4) is 0 Å². The molecule has 1 heterocycles. The molecule has 0 saturated heterocycles. The van der Waals surface area contributed by atoms with Gasteiger partial charge < -0.3 is 5.32 Å². The minimum atomic E-state index is 0.256. The summed E-state index contributed by atoms with van der Waals surface area (Å²) in [6.45, 7) is 4.29. The summed E-state index contributed by atoms with van der Waals surface area (Å²) in [6.07, 6.45) is 1.78. The summed E-state index contributed by atoms with van der Waals surface area (Å²) in [5.74, 6) is 0. The van der Waals surface area contributed by atoms with Gasteiger partial charge in [-0.2, -0.15) is 5.10 Å². The Bertz CT molecular complexity index is 467. The summed E-state index contributed by atoms with van der Waals surface area (Å²) < 4.78 is 1.11. The van der Waals surface area contributed by atoms with Crippen molar-refractivity contribution in [1.82, 2.24) is 15.5 Å². The number of hydrogen-bond donors (Lipinski definition) is 2. The molecule has 0 fully saturated rings. The normalized spacial score (nSPS) is 14.5. The number of hydrogen-bond acceptors (Lipinski definition) is 2. The van der Waals surface area contributed by atoms with E-state index in [0.29, 0.717) is 6.04 Å². The number of nitrogens with zero attached hydrogens (tertiary/aromatic N) is 1. The van der Waals surface area contributed by atoms with Crippen molar-refractivity contribution in [3.63, 3.8) is 0 Å². The third-order valence-corrected chi connectivity index (χ3v) is 3.33. The second-order valence-corrected chi connectivity index (χ2v) is 5.09. The zero-order chi connectivity index (χ0) is 12.3. The van der Waals surface area contributed by atoms with Crippen LogP contribution >= 0.6 is 15.9 Å². The molecule has 0 amide bonds. The Morgan fingerprint density at radius 3 is 2.71 bits per heavy atom. The fourth-order valence-corrected chi connectivity index (χ4v) is 2.26. The van der Waals surface area contributed by atoms with Gasteiger partial charge in [0.15, 0.2) is 0 Å². The molecule has 0 saturated carbocycles. The van der Waals surface area contributed by atoms with Gasteiger partial charge in [0.05, 0.1) is 5.69 Å². The molecule has 17 heavy (non-hydrogen) atoms. The molecule has 2 aromatic rings. The Labute approximate surface area is 110 Å². The van der Waals surface area contributed by atoms with Crippen LogP contribution in [0.4, 0.5) is 0 Å². The first-order valence-electron chi connectivity index (χ1n) is 5.67. The maximum absolute atomic E-state index is 3.96. The van der Waals surface area contributed by atoms with E-state index in [1.807, 2.05) is 12.1 Å². The lowest BCUT2D eigenvalue weighted by Gasteiger charge is -2.19. The topological polar surface area (TPSA) is 40.7 Å². The number of halogens is 1. The number of aromatic nitrogens is 2. The van der Waals surface area contributed by atoms with Crippen LogP contribution in [0.15, 0.2) is 41.0 Å². The molecule has 0 aliphatic rings. The fraction of sp³-hybridized carbons (Fsp3) is 0.308. The van der Waals surface area contributed by atoms with Gasteiger partial charge in [0.25, 0.3) is 0 Å². The van der Waals surface area contributed by atoms with E-state index < -0.39 is 0 Å². The third kappa shape index (κ3) is 3.17. The molecule has 0 radical (unpaired) electrons. The minimum absolute atomic E-state index is 0.256.